The summed E-state index contributed by atoms with van der Waals surface area (Å²) in [6.45, 7) is 0.452. The number of nitrogens with zero attached hydrogens (tertiary/aromatic N) is 1. The van der Waals surface area contributed by atoms with Crippen LogP contribution in [0.3, 0.4) is 0 Å². The van der Waals surface area contributed by atoms with Gasteiger partial charge in [0, 0.05) is 30.7 Å². The lowest BCUT2D eigenvalue weighted by Crippen LogP contribution is -2.26. The first kappa shape index (κ1) is 17.9. The molecule has 0 bridgehead atoms. The number of hydrogen-bond donors (Lipinski definition) is 0. The molecule has 0 aliphatic heterocycles. The van der Waals surface area contributed by atoms with Gasteiger partial charge in [-0.3, -0.25) is 4.79 Å². The van der Waals surface area contributed by atoms with Crippen LogP contribution in [0.2, 0.25) is 5.02 Å². The Balaban J connectivity index is 2.28. The van der Waals surface area contributed by atoms with Gasteiger partial charge in [0.25, 0.3) is 5.91 Å². The average Bonchev–Trinajstić information content (AvgIpc) is 2.61. The van der Waals surface area contributed by atoms with Crippen LogP contribution in [0, 0.1) is 0 Å². The second-order valence-electron chi connectivity index (χ2n) is 5.20. The van der Waals surface area contributed by atoms with E-state index in [0.717, 1.165) is 5.56 Å². The van der Waals surface area contributed by atoms with Gasteiger partial charge < -0.3 is 19.1 Å². The fourth-order valence-corrected chi connectivity index (χ4v) is 2.46. The van der Waals surface area contributed by atoms with Gasteiger partial charge in [0.15, 0.2) is 11.5 Å². The van der Waals surface area contributed by atoms with Crippen LogP contribution in [-0.4, -0.2) is 39.2 Å². The third-order valence-corrected chi connectivity index (χ3v) is 3.87. The number of ether oxygens (including phenoxy) is 3. The first-order chi connectivity index (χ1) is 11.5. The fourth-order valence-electron chi connectivity index (χ4n) is 2.34. The molecule has 5 nitrogen and oxygen atoms in total. The lowest BCUT2D eigenvalue weighted by Gasteiger charge is -2.20. The van der Waals surface area contributed by atoms with E-state index in [9.17, 15) is 4.79 Å². The van der Waals surface area contributed by atoms with Crippen LogP contribution < -0.4 is 14.2 Å². The topological polar surface area (TPSA) is 48.0 Å². The molecule has 0 heterocycles. The van der Waals surface area contributed by atoms with E-state index in [1.165, 1.54) is 21.3 Å². The third-order valence-electron chi connectivity index (χ3n) is 3.62. The summed E-state index contributed by atoms with van der Waals surface area (Å²) in [5.41, 5.74) is 1.39. The summed E-state index contributed by atoms with van der Waals surface area (Å²) < 4.78 is 15.8. The van der Waals surface area contributed by atoms with Crippen molar-refractivity contribution in [3.63, 3.8) is 0 Å². The van der Waals surface area contributed by atoms with Gasteiger partial charge in [-0.15, -0.1) is 0 Å². The summed E-state index contributed by atoms with van der Waals surface area (Å²) in [5, 5.41) is 0.661. The molecular formula is C18H20ClNO4. The molecule has 2 rings (SSSR count). The summed E-state index contributed by atoms with van der Waals surface area (Å²) in [4.78, 5) is 14.4. The Morgan fingerprint density at radius 1 is 0.958 bits per heavy atom. The van der Waals surface area contributed by atoms with Crippen LogP contribution >= 0.6 is 11.6 Å². The van der Waals surface area contributed by atoms with Crippen molar-refractivity contribution in [2.24, 2.45) is 0 Å². The monoisotopic (exact) mass is 349 g/mol. The van der Waals surface area contributed by atoms with E-state index in [0.29, 0.717) is 34.4 Å². The molecule has 0 aliphatic carbocycles. The Kier molecular flexibility index (Phi) is 5.93. The zero-order chi connectivity index (χ0) is 17.7. The Morgan fingerprint density at radius 3 is 2.04 bits per heavy atom. The highest BCUT2D eigenvalue weighted by atomic mass is 35.5. The van der Waals surface area contributed by atoms with Crippen molar-refractivity contribution < 1.29 is 19.0 Å². The Hall–Kier alpha value is -2.40. The van der Waals surface area contributed by atoms with Crippen molar-refractivity contribution in [3.05, 3.63) is 52.5 Å². The highest BCUT2D eigenvalue weighted by Gasteiger charge is 2.20. The molecule has 1 amide bonds. The van der Waals surface area contributed by atoms with Crippen LogP contribution in [-0.2, 0) is 6.54 Å². The third kappa shape index (κ3) is 3.92. The van der Waals surface area contributed by atoms with Crippen LogP contribution in [0.15, 0.2) is 36.4 Å². The minimum atomic E-state index is -0.178. The number of methoxy groups -OCH3 is 3. The zero-order valence-electron chi connectivity index (χ0n) is 14.1. The van der Waals surface area contributed by atoms with Crippen molar-refractivity contribution >= 4 is 17.5 Å². The molecule has 0 fully saturated rings. The smallest absolute Gasteiger partial charge is 0.257 e. The number of carbonyl (C=O) groups is 1. The predicted molar refractivity (Wildman–Crippen MR) is 93.3 cm³/mol. The molecule has 24 heavy (non-hydrogen) atoms. The fraction of sp³-hybridized carbons (Fsp3) is 0.278. The first-order valence-electron chi connectivity index (χ1n) is 7.30. The molecule has 0 N–H and O–H groups in total. The van der Waals surface area contributed by atoms with Gasteiger partial charge in [-0.2, -0.15) is 0 Å². The number of amides is 1. The molecule has 0 unspecified atom stereocenters. The van der Waals surface area contributed by atoms with E-state index in [1.807, 2.05) is 12.1 Å². The number of hydrogen-bond acceptors (Lipinski definition) is 4. The van der Waals surface area contributed by atoms with Crippen LogP contribution in [0.25, 0.3) is 0 Å². The summed E-state index contributed by atoms with van der Waals surface area (Å²) >= 11 is 5.89. The van der Waals surface area contributed by atoms with Gasteiger partial charge in [0.1, 0.15) is 5.75 Å². The summed E-state index contributed by atoms with van der Waals surface area (Å²) in [5.74, 6) is 1.23. The second-order valence-corrected chi connectivity index (χ2v) is 5.63. The van der Waals surface area contributed by atoms with Gasteiger partial charge in [-0.25, -0.2) is 0 Å². The van der Waals surface area contributed by atoms with Gasteiger partial charge in [0.05, 0.1) is 26.9 Å². The van der Waals surface area contributed by atoms with Gasteiger partial charge in [0.2, 0.25) is 0 Å². The van der Waals surface area contributed by atoms with Crippen LogP contribution in [0.1, 0.15) is 15.9 Å². The maximum Gasteiger partial charge on any atom is 0.257 e. The molecule has 0 aromatic heterocycles. The number of halogens is 1. The first-order valence-corrected chi connectivity index (χ1v) is 7.67. The SMILES string of the molecule is COc1cc(OC)c(C(=O)N(C)Cc2ccc(Cl)cc2)cc1OC. The molecule has 0 radical (unpaired) electrons. The van der Waals surface area contributed by atoms with Crippen molar-refractivity contribution in [3.8, 4) is 17.2 Å². The van der Waals surface area contributed by atoms with E-state index in [1.54, 1.807) is 36.2 Å². The van der Waals surface area contributed by atoms with E-state index in [4.69, 9.17) is 25.8 Å². The molecule has 128 valence electrons. The molecule has 6 heteroatoms. The molecule has 2 aromatic carbocycles. The van der Waals surface area contributed by atoms with Crippen LogP contribution in [0.4, 0.5) is 0 Å². The van der Waals surface area contributed by atoms with E-state index in [-0.39, 0.29) is 5.91 Å². The standard InChI is InChI=1S/C18H20ClNO4/c1-20(11-12-5-7-13(19)8-6-12)18(21)14-9-16(23-3)17(24-4)10-15(14)22-2/h5-10H,11H2,1-4H3. The van der Waals surface area contributed by atoms with E-state index < -0.39 is 0 Å². The van der Waals surface area contributed by atoms with Crippen molar-refractivity contribution in [2.45, 2.75) is 6.54 Å². The number of benzene rings is 2. The average molecular weight is 350 g/mol. The van der Waals surface area contributed by atoms with Crippen molar-refractivity contribution in [1.29, 1.82) is 0 Å². The predicted octanol–water partition coefficient (Wildman–Crippen LogP) is 3.64. The van der Waals surface area contributed by atoms with Crippen molar-refractivity contribution in [1.82, 2.24) is 4.90 Å². The second kappa shape index (κ2) is 7.93. The molecule has 2 aromatic rings. The maximum atomic E-state index is 12.8. The molecule has 0 aliphatic rings. The van der Waals surface area contributed by atoms with Gasteiger partial charge in [-0.05, 0) is 17.7 Å². The molecule has 0 saturated carbocycles. The highest BCUT2D eigenvalue weighted by molar-refractivity contribution is 6.30. The lowest BCUT2D eigenvalue weighted by molar-refractivity contribution is 0.0781. The molecule has 0 saturated heterocycles. The number of carbonyl (C=O) groups excluding carboxylic acids is 1. The van der Waals surface area contributed by atoms with Gasteiger partial charge >= 0.3 is 0 Å². The summed E-state index contributed by atoms with van der Waals surface area (Å²) in [6, 6.07) is 10.6. The Bertz CT molecular complexity index is 716. The normalized spacial score (nSPS) is 10.2. The minimum absolute atomic E-state index is 0.178. The highest BCUT2D eigenvalue weighted by Crippen LogP contribution is 2.35. The summed E-state index contributed by atoms with van der Waals surface area (Å²) in [6.07, 6.45) is 0. The van der Waals surface area contributed by atoms with Crippen molar-refractivity contribution in [2.75, 3.05) is 28.4 Å². The maximum absolute atomic E-state index is 12.8. The molecular weight excluding hydrogens is 330 g/mol. The van der Waals surface area contributed by atoms with E-state index in [2.05, 4.69) is 0 Å². The van der Waals surface area contributed by atoms with E-state index >= 15 is 0 Å². The largest absolute Gasteiger partial charge is 0.496 e. The zero-order valence-corrected chi connectivity index (χ0v) is 14.9. The molecule has 0 spiro atoms. The van der Waals surface area contributed by atoms with Gasteiger partial charge in [-0.1, -0.05) is 23.7 Å². The quantitative estimate of drug-likeness (QED) is 0.799. The van der Waals surface area contributed by atoms with Crippen LogP contribution in [0.5, 0.6) is 17.2 Å². The lowest BCUT2D eigenvalue weighted by atomic mass is 10.1. The molecule has 0 atom stereocenters. The minimum Gasteiger partial charge on any atom is -0.496 e. The Morgan fingerprint density at radius 2 is 1.50 bits per heavy atom. The number of rotatable bonds is 6. The Labute approximate surface area is 146 Å². The summed E-state index contributed by atoms with van der Waals surface area (Å²) in [7, 11) is 6.30.